The van der Waals surface area contributed by atoms with Crippen molar-refractivity contribution < 1.29 is 14.4 Å². The van der Waals surface area contributed by atoms with E-state index in [0.29, 0.717) is 27.4 Å². The van der Waals surface area contributed by atoms with Crippen LogP contribution in [0.2, 0.25) is 5.02 Å². The van der Waals surface area contributed by atoms with Gasteiger partial charge in [-0.3, -0.25) is 19.3 Å². The minimum Gasteiger partial charge on any atom is -0.323 e. The van der Waals surface area contributed by atoms with Crippen LogP contribution in [0.15, 0.2) is 34.8 Å². The van der Waals surface area contributed by atoms with Crippen LogP contribution >= 0.6 is 27.5 Å². The zero-order valence-electron chi connectivity index (χ0n) is 17.6. The molecule has 3 saturated heterocycles. The highest BCUT2D eigenvalue weighted by atomic mass is 79.9. The van der Waals surface area contributed by atoms with Gasteiger partial charge in [-0.25, -0.2) is 4.90 Å². The second-order valence-electron chi connectivity index (χ2n) is 9.26. The van der Waals surface area contributed by atoms with Crippen molar-refractivity contribution in [2.24, 2.45) is 11.8 Å². The van der Waals surface area contributed by atoms with Crippen LogP contribution in [-0.2, 0) is 19.9 Å². The van der Waals surface area contributed by atoms with E-state index in [1.165, 1.54) is 4.90 Å². The number of carbonyl (C=O) groups is 3. The highest BCUT2D eigenvalue weighted by Crippen LogP contribution is 2.61. The molecule has 2 aromatic rings. The van der Waals surface area contributed by atoms with Gasteiger partial charge in [-0.1, -0.05) is 23.7 Å². The van der Waals surface area contributed by atoms with Gasteiger partial charge in [-0.05, 0) is 78.5 Å². The average molecular weight is 515 g/mol. The summed E-state index contributed by atoms with van der Waals surface area (Å²) in [7, 11) is 0. The molecule has 3 fully saturated rings. The van der Waals surface area contributed by atoms with Crippen molar-refractivity contribution in [2.45, 2.75) is 38.3 Å². The third kappa shape index (κ3) is 2.31. The fourth-order valence-corrected chi connectivity index (χ4v) is 7.42. The summed E-state index contributed by atoms with van der Waals surface area (Å²) in [6, 6.07) is 9.17. The van der Waals surface area contributed by atoms with Gasteiger partial charge in [-0.15, -0.1) is 0 Å². The van der Waals surface area contributed by atoms with Crippen molar-refractivity contribution in [3.05, 3.63) is 56.5 Å². The summed E-state index contributed by atoms with van der Waals surface area (Å²) >= 11 is 10.0. The Morgan fingerprint density at radius 1 is 1.09 bits per heavy atom. The molecular formula is C24H21BrClN3O3. The summed E-state index contributed by atoms with van der Waals surface area (Å²) in [6.45, 7) is 4.55. The van der Waals surface area contributed by atoms with E-state index in [-0.39, 0.29) is 23.8 Å². The van der Waals surface area contributed by atoms with Crippen LogP contribution in [0.1, 0.15) is 29.5 Å². The number of anilines is 2. The first-order valence-corrected chi connectivity index (χ1v) is 12.0. The van der Waals surface area contributed by atoms with E-state index in [2.05, 4.69) is 26.1 Å². The minimum absolute atomic E-state index is 0.151. The van der Waals surface area contributed by atoms with Gasteiger partial charge < -0.3 is 5.32 Å². The number of amides is 3. The Morgan fingerprint density at radius 2 is 1.88 bits per heavy atom. The second kappa shape index (κ2) is 6.65. The fourth-order valence-electron chi connectivity index (χ4n) is 6.43. The Bertz CT molecular complexity index is 1250. The highest BCUT2D eigenvalue weighted by Gasteiger charge is 2.74. The van der Waals surface area contributed by atoms with Gasteiger partial charge in [0.15, 0.2) is 0 Å². The zero-order chi connectivity index (χ0) is 22.5. The van der Waals surface area contributed by atoms with Crippen LogP contribution in [-0.4, -0.2) is 35.2 Å². The molecule has 0 saturated carbocycles. The smallest absolute Gasteiger partial charge is 0.250 e. The standard InChI is InChI=1S/C24H21BrClN3O3/c1-11-5-6-16(14(25)9-11)29-21(30)18-17-4-3-7-28(17)24(19(18)22(29)31)13-8-12(2)10-15(26)20(13)27-23(24)32/h5-6,8-10,17-19H,3-4,7H2,1-2H3,(H,27,32)/t17-,18+,19-,24-/m0/s1. The molecule has 4 aliphatic rings. The topological polar surface area (TPSA) is 69.7 Å². The predicted octanol–water partition coefficient (Wildman–Crippen LogP) is 4.15. The zero-order valence-corrected chi connectivity index (χ0v) is 20.0. The van der Waals surface area contributed by atoms with Crippen LogP contribution in [0.5, 0.6) is 0 Å². The lowest BCUT2D eigenvalue weighted by atomic mass is 9.75. The molecule has 0 aromatic heterocycles. The molecule has 0 aliphatic carbocycles. The number of nitrogens with one attached hydrogen (secondary N) is 1. The number of hydrogen-bond acceptors (Lipinski definition) is 4. The number of aryl methyl sites for hydroxylation is 2. The van der Waals surface area contributed by atoms with Crippen molar-refractivity contribution in [1.82, 2.24) is 4.90 Å². The van der Waals surface area contributed by atoms with E-state index < -0.39 is 17.4 Å². The molecule has 32 heavy (non-hydrogen) atoms. The molecule has 164 valence electrons. The number of carbonyl (C=O) groups excluding carboxylic acids is 3. The first kappa shape index (κ1) is 20.4. The van der Waals surface area contributed by atoms with Crippen molar-refractivity contribution in [1.29, 1.82) is 0 Å². The lowest BCUT2D eigenvalue weighted by Crippen LogP contribution is -2.54. The van der Waals surface area contributed by atoms with Gasteiger partial charge in [0.1, 0.15) is 5.54 Å². The molecule has 4 atom stereocenters. The van der Waals surface area contributed by atoms with E-state index >= 15 is 0 Å². The SMILES string of the molecule is Cc1ccc(N2C(=O)[C@H]3[C@@H](C2=O)[C@@]2(C(=O)Nc4c(Cl)cc(C)cc42)N2CCC[C@@H]32)c(Br)c1. The van der Waals surface area contributed by atoms with Crippen LogP contribution in [0.4, 0.5) is 11.4 Å². The Kier molecular flexibility index (Phi) is 4.24. The van der Waals surface area contributed by atoms with E-state index in [1.807, 2.05) is 38.1 Å². The van der Waals surface area contributed by atoms with E-state index in [0.717, 1.165) is 29.5 Å². The van der Waals surface area contributed by atoms with Gasteiger partial charge in [0.2, 0.25) is 11.8 Å². The normalized spacial score (nSPS) is 30.8. The summed E-state index contributed by atoms with van der Waals surface area (Å²) in [5, 5.41) is 3.41. The number of fused-ring (bicyclic) bond motifs is 7. The average Bonchev–Trinajstić information content (AvgIpc) is 3.42. The molecule has 0 bridgehead atoms. The maximum absolute atomic E-state index is 14.0. The number of benzene rings is 2. The van der Waals surface area contributed by atoms with Gasteiger partial charge in [0.25, 0.3) is 5.91 Å². The summed E-state index contributed by atoms with van der Waals surface area (Å²) in [5.74, 6) is -2.15. The predicted molar refractivity (Wildman–Crippen MR) is 125 cm³/mol. The summed E-state index contributed by atoms with van der Waals surface area (Å²) in [4.78, 5) is 44.9. The maximum atomic E-state index is 14.0. The van der Waals surface area contributed by atoms with E-state index in [1.54, 1.807) is 6.07 Å². The Balaban J connectivity index is 1.58. The minimum atomic E-state index is -1.21. The van der Waals surface area contributed by atoms with Crippen LogP contribution in [0.3, 0.4) is 0 Å². The molecule has 0 unspecified atom stereocenters. The van der Waals surface area contributed by atoms with E-state index in [4.69, 9.17) is 11.6 Å². The number of halogens is 2. The van der Waals surface area contributed by atoms with Gasteiger partial charge in [-0.2, -0.15) is 0 Å². The molecule has 0 radical (unpaired) electrons. The molecular weight excluding hydrogens is 494 g/mol. The molecule has 4 aliphatic heterocycles. The van der Waals surface area contributed by atoms with Crippen LogP contribution in [0.25, 0.3) is 0 Å². The maximum Gasteiger partial charge on any atom is 0.250 e. The molecule has 6 nitrogen and oxygen atoms in total. The molecule has 1 spiro atoms. The quantitative estimate of drug-likeness (QED) is 0.581. The molecule has 3 amide bonds. The van der Waals surface area contributed by atoms with Crippen LogP contribution in [0, 0.1) is 25.7 Å². The summed E-state index contributed by atoms with van der Waals surface area (Å²) in [6.07, 6.45) is 1.67. The third-order valence-electron chi connectivity index (χ3n) is 7.54. The van der Waals surface area contributed by atoms with Crippen LogP contribution < -0.4 is 10.2 Å². The monoisotopic (exact) mass is 513 g/mol. The van der Waals surface area contributed by atoms with Gasteiger partial charge in [0.05, 0.1) is 28.2 Å². The highest BCUT2D eigenvalue weighted by molar-refractivity contribution is 9.10. The lowest BCUT2D eigenvalue weighted by molar-refractivity contribution is -0.135. The molecule has 6 rings (SSSR count). The Labute approximate surface area is 199 Å². The van der Waals surface area contributed by atoms with Crippen molar-refractivity contribution in [3.63, 3.8) is 0 Å². The number of rotatable bonds is 1. The third-order valence-corrected chi connectivity index (χ3v) is 8.48. The molecule has 1 N–H and O–H groups in total. The summed E-state index contributed by atoms with van der Waals surface area (Å²) < 4.78 is 0.687. The summed E-state index contributed by atoms with van der Waals surface area (Å²) in [5.41, 5.74) is 2.53. The lowest BCUT2D eigenvalue weighted by Gasteiger charge is -2.36. The Morgan fingerprint density at radius 3 is 2.62 bits per heavy atom. The van der Waals surface area contributed by atoms with Gasteiger partial charge >= 0.3 is 0 Å². The molecule has 4 heterocycles. The number of imide groups is 1. The first-order valence-electron chi connectivity index (χ1n) is 10.8. The number of nitrogens with zero attached hydrogens (tertiary/aromatic N) is 2. The Hall–Kier alpha value is -2.22. The molecule has 8 heteroatoms. The largest absolute Gasteiger partial charge is 0.323 e. The fraction of sp³-hybridized carbons (Fsp3) is 0.375. The van der Waals surface area contributed by atoms with Gasteiger partial charge in [0, 0.05) is 16.1 Å². The van der Waals surface area contributed by atoms with Crippen molar-refractivity contribution >= 4 is 56.6 Å². The second-order valence-corrected chi connectivity index (χ2v) is 10.5. The molecule has 2 aromatic carbocycles. The van der Waals surface area contributed by atoms with Crippen molar-refractivity contribution in [3.8, 4) is 0 Å². The number of hydrogen-bond donors (Lipinski definition) is 1. The first-order chi connectivity index (χ1) is 15.3. The van der Waals surface area contributed by atoms with Crippen molar-refractivity contribution in [2.75, 3.05) is 16.8 Å². The van der Waals surface area contributed by atoms with E-state index in [9.17, 15) is 14.4 Å².